The molecular weight excluding hydrogens is 216 g/mol. The molecule has 0 aromatic rings. The van der Waals surface area contributed by atoms with Crippen LogP contribution in [0.5, 0.6) is 0 Å². The summed E-state index contributed by atoms with van der Waals surface area (Å²) in [5, 5.41) is 2.70. The summed E-state index contributed by atoms with van der Waals surface area (Å²) in [6.07, 6.45) is 0.467. The average molecular weight is 233 g/mol. The van der Waals surface area contributed by atoms with Gasteiger partial charge in [-0.2, -0.15) is 0 Å². The van der Waals surface area contributed by atoms with Crippen molar-refractivity contribution in [1.29, 1.82) is 0 Å². The van der Waals surface area contributed by atoms with E-state index in [1.807, 2.05) is 0 Å². The zero-order valence-corrected chi connectivity index (χ0v) is 9.94. The maximum absolute atomic E-state index is 11.5. The van der Waals surface area contributed by atoms with Gasteiger partial charge in [-0.1, -0.05) is 6.92 Å². The molecule has 15 heavy (non-hydrogen) atoms. The fourth-order valence-corrected chi connectivity index (χ4v) is 2.56. The number of rotatable bonds is 5. The van der Waals surface area contributed by atoms with Gasteiger partial charge in [0.2, 0.25) is 0 Å². The van der Waals surface area contributed by atoms with E-state index in [9.17, 15) is 9.46 Å². The third-order valence-corrected chi connectivity index (χ3v) is 4.00. The monoisotopic (exact) mass is 233 g/mol. The lowest BCUT2D eigenvalue weighted by Gasteiger charge is -2.21. The Balaban J connectivity index is 2.55. The predicted molar refractivity (Wildman–Crippen MR) is 58.2 cm³/mol. The fraction of sp³-hybridized carbons (Fsp3) is 1.00. The Hall–Kier alpha value is 0.135. The second kappa shape index (κ2) is 5.46. The zero-order valence-electron chi connectivity index (χ0n) is 9.05. The van der Waals surface area contributed by atoms with Crippen LogP contribution in [0.25, 0.3) is 0 Å². The highest BCUT2D eigenvalue weighted by molar-refractivity contribution is 7.55. The molecule has 2 unspecified atom stereocenters. The molecule has 1 saturated heterocycles. The van der Waals surface area contributed by atoms with E-state index in [0.29, 0.717) is 13.0 Å². The smallest absolute Gasteiger partial charge is 0.267 e. The molecule has 0 bridgehead atoms. The maximum atomic E-state index is 11.5. The highest BCUT2D eigenvalue weighted by Crippen LogP contribution is 2.37. The quantitative estimate of drug-likeness (QED) is 0.519. The Kier molecular flexibility index (Phi) is 4.80. The molecule has 0 aromatic heterocycles. The lowest BCUT2D eigenvalue weighted by Crippen LogP contribution is -2.37. The maximum Gasteiger partial charge on any atom is 0.267 e. The second-order valence-corrected chi connectivity index (χ2v) is 5.95. The third-order valence-electron chi connectivity index (χ3n) is 2.41. The molecule has 86 valence electrons. The van der Waals surface area contributed by atoms with E-state index in [4.69, 9.17) is 17.3 Å². The van der Waals surface area contributed by atoms with Crippen LogP contribution in [-0.4, -0.2) is 50.8 Å². The lowest BCUT2D eigenvalue weighted by molar-refractivity contribution is 0.0181. The molecular formula is C8H17BNO4P. The van der Waals surface area contributed by atoms with Gasteiger partial charge >= 0.3 is 0 Å². The number of hydrogen-bond donors (Lipinski definition) is 2. The largest absolute Gasteiger partial charge is 0.382 e. The van der Waals surface area contributed by atoms with E-state index in [0.717, 1.165) is 0 Å². The first-order valence-corrected chi connectivity index (χ1v) is 6.82. The molecule has 0 amide bonds. The zero-order chi connectivity index (χ0) is 11.5. The van der Waals surface area contributed by atoms with Gasteiger partial charge in [0.05, 0.1) is 12.7 Å². The van der Waals surface area contributed by atoms with Crippen molar-refractivity contribution in [3.63, 3.8) is 0 Å². The Morgan fingerprint density at radius 2 is 2.40 bits per heavy atom. The van der Waals surface area contributed by atoms with Crippen molar-refractivity contribution in [3.05, 3.63) is 0 Å². The molecule has 0 aromatic carbocycles. The molecule has 1 heterocycles. The van der Waals surface area contributed by atoms with Gasteiger partial charge in [0.15, 0.2) is 0 Å². The fourth-order valence-electron chi connectivity index (χ4n) is 1.58. The molecule has 0 spiro atoms. The molecule has 0 saturated carbocycles. The molecule has 0 aliphatic carbocycles. The molecule has 1 aliphatic rings. The number of ether oxygens (including phenoxy) is 2. The highest BCUT2D eigenvalue weighted by Gasteiger charge is 2.35. The minimum Gasteiger partial charge on any atom is -0.382 e. The summed E-state index contributed by atoms with van der Waals surface area (Å²) < 4.78 is 21.8. The Morgan fingerprint density at radius 3 is 2.93 bits per heavy atom. The summed E-state index contributed by atoms with van der Waals surface area (Å²) in [5.41, 5.74) is 0. The first kappa shape index (κ1) is 13.2. The number of nitrogens with one attached hydrogen (secondary N) is 1. The van der Waals surface area contributed by atoms with Crippen LogP contribution >= 0.6 is 7.52 Å². The van der Waals surface area contributed by atoms with E-state index in [1.54, 1.807) is 14.0 Å². The van der Waals surface area contributed by atoms with Crippen LogP contribution in [0.4, 0.5) is 0 Å². The first-order valence-electron chi connectivity index (χ1n) is 4.98. The van der Waals surface area contributed by atoms with Crippen LogP contribution in [0.15, 0.2) is 0 Å². The Bertz CT molecular complexity index is 253. The number of hydrogen-bond acceptors (Lipinski definition) is 3. The van der Waals surface area contributed by atoms with Crippen LogP contribution in [0, 0.1) is 0 Å². The summed E-state index contributed by atoms with van der Waals surface area (Å²) in [6.45, 7) is 2.03. The van der Waals surface area contributed by atoms with Crippen molar-refractivity contribution in [3.8, 4) is 0 Å². The van der Waals surface area contributed by atoms with Crippen molar-refractivity contribution in [2.45, 2.75) is 31.5 Å². The summed E-state index contributed by atoms with van der Waals surface area (Å²) in [6, 6.07) is -0.602. The summed E-state index contributed by atoms with van der Waals surface area (Å²) in [5.74, 6) is 0. The van der Waals surface area contributed by atoms with Crippen molar-refractivity contribution in [2.24, 2.45) is 0 Å². The van der Waals surface area contributed by atoms with Crippen molar-refractivity contribution < 1.29 is 18.9 Å². The van der Waals surface area contributed by atoms with Gasteiger partial charge in [0, 0.05) is 25.3 Å². The van der Waals surface area contributed by atoms with Gasteiger partial charge in [-0.05, 0) is 6.42 Å². The molecule has 4 atom stereocenters. The van der Waals surface area contributed by atoms with Crippen molar-refractivity contribution >= 4 is 15.4 Å². The van der Waals surface area contributed by atoms with E-state index in [2.05, 4.69) is 5.09 Å². The topological polar surface area (TPSA) is 67.8 Å². The van der Waals surface area contributed by atoms with Crippen LogP contribution in [0.2, 0.25) is 0 Å². The standard InChI is InChI=1S/C8H17BNO4P/c1-3-15(11,12)10-6-4-8(9)14-7(6)5-13-2/h6-8H,3-5H2,1-2H3,(H2,10,11,12)/t6?,7-,8-/m1/s1. The van der Waals surface area contributed by atoms with Gasteiger partial charge in [-0.25, -0.2) is 5.09 Å². The normalized spacial score (nSPS) is 35.3. The molecule has 1 rings (SSSR count). The molecule has 2 N–H and O–H groups in total. The van der Waals surface area contributed by atoms with Crippen LogP contribution in [-0.2, 0) is 14.0 Å². The van der Waals surface area contributed by atoms with E-state index >= 15 is 0 Å². The van der Waals surface area contributed by atoms with Gasteiger partial charge in [0.1, 0.15) is 7.85 Å². The Labute approximate surface area is 91.4 Å². The summed E-state index contributed by atoms with van der Waals surface area (Å²) >= 11 is 0. The van der Waals surface area contributed by atoms with Crippen molar-refractivity contribution in [1.82, 2.24) is 5.09 Å². The highest BCUT2D eigenvalue weighted by atomic mass is 31.2. The lowest BCUT2D eigenvalue weighted by atomic mass is 9.95. The summed E-state index contributed by atoms with van der Waals surface area (Å²) in [7, 11) is 3.92. The van der Waals surface area contributed by atoms with Gasteiger partial charge < -0.3 is 14.4 Å². The minimum atomic E-state index is -3.25. The molecule has 7 heteroatoms. The van der Waals surface area contributed by atoms with Gasteiger partial charge in [-0.15, -0.1) is 0 Å². The SMILES string of the molecule is [B][C@H]1CC(NP(=O)(O)CC)[C@@H](COC)O1. The van der Waals surface area contributed by atoms with Crippen LogP contribution in [0.3, 0.4) is 0 Å². The van der Waals surface area contributed by atoms with E-state index in [1.165, 1.54) is 0 Å². The Morgan fingerprint density at radius 1 is 1.73 bits per heavy atom. The molecule has 1 fully saturated rings. The van der Waals surface area contributed by atoms with Gasteiger partial charge in [-0.3, -0.25) is 4.57 Å². The summed E-state index contributed by atoms with van der Waals surface area (Å²) in [4.78, 5) is 9.46. The minimum absolute atomic E-state index is 0.193. The van der Waals surface area contributed by atoms with Gasteiger partial charge in [0.25, 0.3) is 7.52 Å². The van der Waals surface area contributed by atoms with Crippen LogP contribution < -0.4 is 5.09 Å². The molecule has 5 nitrogen and oxygen atoms in total. The number of methoxy groups -OCH3 is 1. The third kappa shape index (κ3) is 3.89. The van der Waals surface area contributed by atoms with E-state index in [-0.39, 0.29) is 24.3 Å². The van der Waals surface area contributed by atoms with Crippen molar-refractivity contribution in [2.75, 3.05) is 19.9 Å². The average Bonchev–Trinajstić information content (AvgIpc) is 2.47. The predicted octanol–water partition coefficient (Wildman–Crippen LogP) is 0.0798. The molecule has 2 radical (unpaired) electrons. The molecule has 1 aliphatic heterocycles. The second-order valence-electron chi connectivity index (χ2n) is 3.66. The first-order chi connectivity index (χ1) is 6.98. The van der Waals surface area contributed by atoms with E-state index < -0.39 is 7.52 Å². The van der Waals surface area contributed by atoms with Crippen LogP contribution in [0.1, 0.15) is 13.3 Å².